The molecular formula is C17H15ClN2O2. The molecule has 0 saturated carbocycles. The summed E-state index contributed by atoms with van der Waals surface area (Å²) >= 11 is 5.61. The number of rotatable bonds is 3. The summed E-state index contributed by atoms with van der Waals surface area (Å²) in [4.78, 5) is 16.9. The number of hydrogen-bond acceptors (Lipinski definition) is 3. The van der Waals surface area contributed by atoms with Crippen molar-refractivity contribution >= 4 is 23.0 Å². The summed E-state index contributed by atoms with van der Waals surface area (Å²) in [5, 5.41) is 9.51. The number of fused-ring (bicyclic) bond motifs is 1. The third-order valence-corrected chi connectivity index (χ3v) is 3.74. The number of carbonyl (C=O) groups is 1. The highest BCUT2D eigenvalue weighted by atomic mass is 35.5. The zero-order valence-electron chi connectivity index (χ0n) is 12.2. The van der Waals surface area contributed by atoms with Crippen molar-refractivity contribution in [3.05, 3.63) is 59.4 Å². The molecule has 0 aliphatic carbocycles. The first-order valence-electron chi connectivity index (χ1n) is 6.89. The minimum atomic E-state index is -1.59. The zero-order valence-corrected chi connectivity index (χ0v) is 13.0. The van der Waals surface area contributed by atoms with Gasteiger partial charge in [-0.15, -0.1) is 0 Å². The van der Waals surface area contributed by atoms with Crippen LogP contribution in [0.5, 0.6) is 0 Å². The summed E-state index contributed by atoms with van der Waals surface area (Å²) in [6.45, 7) is 3.92. The van der Waals surface area contributed by atoms with E-state index in [1.807, 2.05) is 56.4 Å². The van der Waals surface area contributed by atoms with Gasteiger partial charge in [0.05, 0.1) is 0 Å². The standard InChI is InChI=1S/C17H15ClN2O2/c1-10-3-6-12(7-4-10)14-15(16(21)17(18)22)20-9-11(2)5-8-13(20)19-14/h3-9,17,22H,1-2H3. The molecule has 0 aliphatic rings. The molecule has 3 rings (SSSR count). The molecule has 2 aromatic heterocycles. The molecule has 1 atom stereocenters. The first-order chi connectivity index (χ1) is 10.5. The van der Waals surface area contributed by atoms with E-state index in [1.165, 1.54) is 0 Å². The Hall–Kier alpha value is -2.17. The van der Waals surface area contributed by atoms with E-state index >= 15 is 0 Å². The topological polar surface area (TPSA) is 54.6 Å². The molecule has 1 aromatic carbocycles. The molecule has 0 radical (unpaired) electrons. The molecular weight excluding hydrogens is 300 g/mol. The van der Waals surface area contributed by atoms with Crippen LogP contribution >= 0.6 is 11.6 Å². The zero-order chi connectivity index (χ0) is 15.9. The maximum Gasteiger partial charge on any atom is 0.225 e. The number of nitrogens with zero attached hydrogens (tertiary/aromatic N) is 2. The van der Waals surface area contributed by atoms with Gasteiger partial charge < -0.3 is 5.11 Å². The van der Waals surface area contributed by atoms with E-state index in [-0.39, 0.29) is 0 Å². The molecule has 5 heteroatoms. The van der Waals surface area contributed by atoms with Gasteiger partial charge in [0, 0.05) is 11.8 Å². The number of aliphatic hydroxyl groups excluding tert-OH is 1. The van der Waals surface area contributed by atoms with Crippen molar-refractivity contribution in [1.29, 1.82) is 0 Å². The number of alkyl halides is 1. The highest BCUT2D eigenvalue weighted by Gasteiger charge is 2.24. The van der Waals surface area contributed by atoms with Gasteiger partial charge in [0.15, 0.2) is 5.56 Å². The molecule has 2 heterocycles. The van der Waals surface area contributed by atoms with Crippen molar-refractivity contribution in [3.8, 4) is 11.3 Å². The Kier molecular flexibility index (Phi) is 3.72. The number of ketones is 1. The van der Waals surface area contributed by atoms with Crippen molar-refractivity contribution in [2.75, 3.05) is 0 Å². The Morgan fingerprint density at radius 3 is 2.41 bits per heavy atom. The molecule has 0 aliphatic heterocycles. The van der Waals surface area contributed by atoms with Gasteiger partial charge in [-0.05, 0) is 25.5 Å². The minimum Gasteiger partial charge on any atom is -0.371 e. The lowest BCUT2D eigenvalue weighted by molar-refractivity contribution is 0.0855. The van der Waals surface area contributed by atoms with Crippen LogP contribution in [0.15, 0.2) is 42.6 Å². The number of benzene rings is 1. The summed E-state index contributed by atoms with van der Waals surface area (Å²) < 4.78 is 1.68. The van der Waals surface area contributed by atoms with Crippen LogP contribution in [0.25, 0.3) is 16.9 Å². The van der Waals surface area contributed by atoms with Gasteiger partial charge in [-0.25, -0.2) is 4.98 Å². The van der Waals surface area contributed by atoms with E-state index in [0.717, 1.165) is 16.7 Å². The molecule has 3 aromatic rings. The van der Waals surface area contributed by atoms with E-state index in [2.05, 4.69) is 4.98 Å². The predicted molar refractivity (Wildman–Crippen MR) is 86.3 cm³/mol. The van der Waals surface area contributed by atoms with Crippen molar-refractivity contribution < 1.29 is 9.90 Å². The van der Waals surface area contributed by atoms with E-state index in [1.54, 1.807) is 4.40 Å². The van der Waals surface area contributed by atoms with Crippen LogP contribution in [0, 0.1) is 13.8 Å². The molecule has 22 heavy (non-hydrogen) atoms. The number of carbonyl (C=O) groups excluding carboxylic acids is 1. The summed E-state index contributed by atoms with van der Waals surface area (Å²) in [6.07, 6.45) is 1.81. The van der Waals surface area contributed by atoms with Gasteiger partial charge in [0.1, 0.15) is 17.0 Å². The summed E-state index contributed by atoms with van der Waals surface area (Å²) in [6, 6.07) is 11.5. The van der Waals surface area contributed by atoms with Gasteiger partial charge in [0.2, 0.25) is 5.78 Å². The average Bonchev–Trinajstić information content (AvgIpc) is 2.85. The normalized spacial score (nSPS) is 12.5. The monoisotopic (exact) mass is 314 g/mol. The average molecular weight is 315 g/mol. The Morgan fingerprint density at radius 2 is 1.77 bits per heavy atom. The second-order valence-electron chi connectivity index (χ2n) is 5.31. The number of halogens is 1. The van der Waals surface area contributed by atoms with Crippen LogP contribution < -0.4 is 0 Å². The van der Waals surface area contributed by atoms with Crippen LogP contribution in [0.2, 0.25) is 0 Å². The number of hydrogen-bond donors (Lipinski definition) is 1. The molecule has 0 amide bonds. The molecule has 4 nitrogen and oxygen atoms in total. The molecule has 0 fully saturated rings. The lowest BCUT2D eigenvalue weighted by Gasteiger charge is -2.06. The smallest absolute Gasteiger partial charge is 0.225 e. The number of aromatic nitrogens is 2. The Labute approximate surface area is 133 Å². The van der Waals surface area contributed by atoms with Crippen LogP contribution in [-0.4, -0.2) is 25.8 Å². The largest absolute Gasteiger partial charge is 0.371 e. The maximum atomic E-state index is 12.3. The van der Waals surface area contributed by atoms with Gasteiger partial charge in [-0.2, -0.15) is 0 Å². The summed E-state index contributed by atoms with van der Waals surface area (Å²) in [5.74, 6) is -0.560. The van der Waals surface area contributed by atoms with E-state index in [4.69, 9.17) is 11.6 Å². The molecule has 0 saturated heterocycles. The fraction of sp³-hybridized carbons (Fsp3) is 0.176. The van der Waals surface area contributed by atoms with Crippen molar-refractivity contribution in [1.82, 2.24) is 9.38 Å². The lowest BCUT2D eigenvalue weighted by Crippen LogP contribution is -2.16. The second-order valence-corrected chi connectivity index (χ2v) is 5.72. The van der Waals surface area contributed by atoms with Crippen LogP contribution in [0.1, 0.15) is 21.6 Å². The second kappa shape index (κ2) is 5.55. The van der Waals surface area contributed by atoms with E-state index < -0.39 is 11.3 Å². The van der Waals surface area contributed by atoms with Crippen LogP contribution in [0.3, 0.4) is 0 Å². The Bertz CT molecular complexity index is 851. The summed E-state index contributed by atoms with van der Waals surface area (Å²) in [7, 11) is 0. The number of aliphatic hydroxyl groups is 1. The third kappa shape index (κ3) is 2.51. The Balaban J connectivity index is 2.31. The highest BCUT2D eigenvalue weighted by molar-refractivity contribution is 6.33. The lowest BCUT2D eigenvalue weighted by atomic mass is 10.1. The number of aryl methyl sites for hydroxylation is 2. The molecule has 1 unspecified atom stereocenters. The Morgan fingerprint density at radius 1 is 1.14 bits per heavy atom. The van der Waals surface area contributed by atoms with Crippen molar-refractivity contribution in [2.45, 2.75) is 19.4 Å². The molecule has 0 spiro atoms. The van der Waals surface area contributed by atoms with E-state index in [0.29, 0.717) is 17.0 Å². The van der Waals surface area contributed by atoms with Gasteiger partial charge in [-0.3, -0.25) is 9.20 Å². The SMILES string of the molecule is Cc1ccc(-c2nc3ccc(C)cn3c2C(=O)C(O)Cl)cc1. The molecule has 0 bridgehead atoms. The predicted octanol–water partition coefficient (Wildman–Crippen LogP) is 3.36. The van der Waals surface area contributed by atoms with Crippen LogP contribution in [0.4, 0.5) is 0 Å². The molecule has 1 N–H and O–H groups in total. The van der Waals surface area contributed by atoms with Crippen molar-refractivity contribution in [2.24, 2.45) is 0 Å². The fourth-order valence-electron chi connectivity index (χ4n) is 2.41. The highest BCUT2D eigenvalue weighted by Crippen LogP contribution is 2.26. The van der Waals surface area contributed by atoms with Gasteiger partial charge in [-0.1, -0.05) is 47.5 Å². The maximum absolute atomic E-state index is 12.3. The quantitative estimate of drug-likeness (QED) is 0.596. The van der Waals surface area contributed by atoms with Gasteiger partial charge in [0.25, 0.3) is 0 Å². The minimum absolute atomic E-state index is 0.296. The first kappa shape index (κ1) is 14.8. The third-order valence-electron chi connectivity index (χ3n) is 3.54. The number of pyridine rings is 1. The fourth-order valence-corrected chi connectivity index (χ4v) is 2.52. The van der Waals surface area contributed by atoms with E-state index in [9.17, 15) is 9.90 Å². The van der Waals surface area contributed by atoms with Crippen LogP contribution in [-0.2, 0) is 0 Å². The molecule has 112 valence electrons. The summed E-state index contributed by atoms with van der Waals surface area (Å²) in [5.41, 5.74) is 2.78. The van der Waals surface area contributed by atoms with Crippen molar-refractivity contribution in [3.63, 3.8) is 0 Å². The number of Topliss-reactive ketones (excluding diaryl/α,β-unsaturated/α-hetero) is 1. The first-order valence-corrected chi connectivity index (χ1v) is 7.33. The number of imidazole rings is 1. The van der Waals surface area contributed by atoms with Gasteiger partial charge >= 0.3 is 0 Å².